The number of nitrogens with one attached hydrogen (secondary N) is 2. The zero-order valence-electron chi connectivity index (χ0n) is 13.1. The minimum Gasteiger partial charge on any atom is -0.490 e. The molecule has 0 bridgehead atoms. The van der Waals surface area contributed by atoms with Crippen molar-refractivity contribution < 1.29 is 9.53 Å². The Bertz CT molecular complexity index is 751. The van der Waals surface area contributed by atoms with E-state index >= 15 is 0 Å². The van der Waals surface area contributed by atoms with E-state index in [1.165, 1.54) is 0 Å². The fourth-order valence-electron chi connectivity index (χ4n) is 1.86. The molecule has 0 aromatic heterocycles. The van der Waals surface area contributed by atoms with Crippen LogP contribution in [-0.4, -0.2) is 17.1 Å². The predicted molar refractivity (Wildman–Crippen MR) is 113 cm³/mol. The van der Waals surface area contributed by atoms with Gasteiger partial charge >= 0.3 is 0 Å². The van der Waals surface area contributed by atoms with Crippen molar-refractivity contribution in [2.24, 2.45) is 0 Å². The van der Waals surface area contributed by atoms with Crippen LogP contribution in [0.25, 0.3) is 0 Å². The summed E-state index contributed by atoms with van der Waals surface area (Å²) in [5.74, 6) is 0.413. The summed E-state index contributed by atoms with van der Waals surface area (Å²) in [4.78, 5) is 12.3. The normalized spacial score (nSPS) is 10.4. The Kier molecular flexibility index (Phi) is 7.00. The summed E-state index contributed by atoms with van der Waals surface area (Å²) in [5, 5.41) is 5.90. The van der Waals surface area contributed by atoms with Gasteiger partial charge in [0.1, 0.15) is 5.75 Å². The van der Waals surface area contributed by atoms with Crippen LogP contribution in [0.3, 0.4) is 0 Å². The fourth-order valence-corrected chi connectivity index (χ4v) is 2.90. The van der Waals surface area contributed by atoms with Crippen molar-refractivity contribution in [2.75, 3.05) is 5.32 Å². The molecule has 4 nitrogen and oxygen atoms in total. The van der Waals surface area contributed by atoms with Gasteiger partial charge in [-0.05, 0) is 107 Å². The highest BCUT2D eigenvalue weighted by Crippen LogP contribution is 2.27. The average Bonchev–Trinajstić information content (AvgIpc) is 2.51. The van der Waals surface area contributed by atoms with Gasteiger partial charge in [0.25, 0.3) is 5.91 Å². The van der Waals surface area contributed by atoms with Crippen LogP contribution in [0.1, 0.15) is 24.2 Å². The van der Waals surface area contributed by atoms with E-state index < -0.39 is 0 Å². The summed E-state index contributed by atoms with van der Waals surface area (Å²) < 4.78 is 7.48. The number of carbonyl (C=O) groups excluding carboxylic acids is 1. The van der Waals surface area contributed by atoms with Gasteiger partial charge in [0.05, 0.1) is 10.6 Å². The Balaban J connectivity index is 1.99. The first kappa shape index (κ1) is 19.1. The first-order valence-electron chi connectivity index (χ1n) is 7.19. The van der Waals surface area contributed by atoms with Crippen LogP contribution < -0.4 is 15.4 Å². The first-order valence-corrected chi connectivity index (χ1v) is 9.47. The van der Waals surface area contributed by atoms with Gasteiger partial charge < -0.3 is 10.1 Å². The molecule has 0 aliphatic heterocycles. The van der Waals surface area contributed by atoms with Crippen LogP contribution in [0.15, 0.2) is 46.9 Å². The molecule has 0 heterocycles. The Hall–Kier alpha value is -1.19. The zero-order valence-corrected chi connectivity index (χ0v) is 17.7. The van der Waals surface area contributed by atoms with E-state index in [4.69, 9.17) is 17.0 Å². The van der Waals surface area contributed by atoms with Crippen LogP contribution >= 0.6 is 50.7 Å². The zero-order chi connectivity index (χ0) is 17.7. The third-order valence-corrected chi connectivity index (χ3v) is 4.43. The monoisotopic (exact) mass is 518 g/mol. The van der Waals surface area contributed by atoms with Crippen LogP contribution in [-0.2, 0) is 0 Å². The maximum absolute atomic E-state index is 12.3. The molecule has 0 fully saturated rings. The third kappa shape index (κ3) is 5.71. The Morgan fingerprint density at radius 3 is 2.46 bits per heavy atom. The van der Waals surface area contributed by atoms with Crippen molar-refractivity contribution in [1.29, 1.82) is 0 Å². The molecule has 2 aromatic rings. The number of benzene rings is 2. The highest BCUT2D eigenvalue weighted by Gasteiger charge is 2.11. The number of carbonyl (C=O) groups is 1. The van der Waals surface area contributed by atoms with Crippen molar-refractivity contribution in [3.8, 4) is 5.75 Å². The fraction of sp³-hybridized carbons (Fsp3) is 0.176. The van der Waals surface area contributed by atoms with Gasteiger partial charge in [0.15, 0.2) is 5.11 Å². The molecule has 126 valence electrons. The van der Waals surface area contributed by atoms with Crippen molar-refractivity contribution >= 4 is 67.4 Å². The number of hydrogen-bond donors (Lipinski definition) is 2. The Labute approximate surface area is 168 Å². The standard InChI is InChI=1S/C17H16BrIN2O2S/c1-10(2)23-15-8-3-11(9-14(15)18)16(22)21-17(24)20-13-6-4-12(19)5-7-13/h3-10H,1-2H3,(H2,20,21,22,24). The smallest absolute Gasteiger partial charge is 0.257 e. The lowest BCUT2D eigenvalue weighted by molar-refractivity contribution is 0.0977. The van der Waals surface area contributed by atoms with Gasteiger partial charge in [-0.1, -0.05) is 0 Å². The number of anilines is 1. The Morgan fingerprint density at radius 1 is 1.21 bits per heavy atom. The van der Waals surface area contributed by atoms with Gasteiger partial charge in [0, 0.05) is 14.8 Å². The number of halogens is 2. The minimum atomic E-state index is -0.283. The summed E-state index contributed by atoms with van der Waals surface area (Å²) in [5.41, 5.74) is 1.31. The second-order valence-electron chi connectivity index (χ2n) is 5.23. The number of ether oxygens (including phenoxy) is 1. The second kappa shape index (κ2) is 8.77. The van der Waals surface area contributed by atoms with Gasteiger partial charge in [-0.25, -0.2) is 0 Å². The molecule has 0 spiro atoms. The topological polar surface area (TPSA) is 50.4 Å². The molecule has 7 heteroatoms. The number of hydrogen-bond acceptors (Lipinski definition) is 3. The summed E-state index contributed by atoms with van der Waals surface area (Å²) in [6, 6.07) is 12.9. The largest absolute Gasteiger partial charge is 0.490 e. The summed E-state index contributed by atoms with van der Waals surface area (Å²) in [6.45, 7) is 3.89. The number of amides is 1. The van der Waals surface area contributed by atoms with E-state index in [0.29, 0.717) is 11.3 Å². The lowest BCUT2D eigenvalue weighted by atomic mass is 10.2. The Morgan fingerprint density at radius 2 is 1.88 bits per heavy atom. The molecule has 0 radical (unpaired) electrons. The van der Waals surface area contributed by atoms with Gasteiger partial charge in [-0.2, -0.15) is 0 Å². The van der Waals surface area contributed by atoms with E-state index in [-0.39, 0.29) is 17.1 Å². The molecule has 2 N–H and O–H groups in total. The molecule has 2 aromatic carbocycles. The molecule has 0 saturated carbocycles. The lowest BCUT2D eigenvalue weighted by Gasteiger charge is -2.13. The summed E-state index contributed by atoms with van der Waals surface area (Å²) >= 11 is 10.8. The predicted octanol–water partition coefficient (Wildman–Crippen LogP) is 4.97. The molecule has 0 saturated heterocycles. The molecule has 0 aliphatic carbocycles. The molecule has 0 atom stereocenters. The van der Waals surface area contributed by atoms with Crippen molar-refractivity contribution in [3.63, 3.8) is 0 Å². The number of thiocarbonyl (C=S) groups is 1. The lowest BCUT2D eigenvalue weighted by Crippen LogP contribution is -2.34. The van der Waals surface area contributed by atoms with Crippen LogP contribution in [0.5, 0.6) is 5.75 Å². The van der Waals surface area contributed by atoms with Gasteiger partial charge in [-0.3, -0.25) is 10.1 Å². The molecule has 1 amide bonds. The molecule has 0 aliphatic rings. The molecular formula is C17H16BrIN2O2S. The molecular weight excluding hydrogens is 503 g/mol. The second-order valence-corrected chi connectivity index (χ2v) is 7.74. The van der Waals surface area contributed by atoms with Crippen LogP contribution in [0.2, 0.25) is 0 Å². The van der Waals surface area contributed by atoms with E-state index in [0.717, 1.165) is 13.7 Å². The molecule has 0 unspecified atom stereocenters. The van der Waals surface area contributed by atoms with Gasteiger partial charge in [-0.15, -0.1) is 0 Å². The third-order valence-electron chi connectivity index (χ3n) is 2.89. The van der Waals surface area contributed by atoms with E-state index in [1.54, 1.807) is 18.2 Å². The first-order chi connectivity index (χ1) is 11.3. The SMILES string of the molecule is CC(C)Oc1ccc(C(=O)NC(=S)Nc2ccc(I)cc2)cc1Br. The van der Waals surface area contributed by atoms with Crippen molar-refractivity contribution in [2.45, 2.75) is 20.0 Å². The summed E-state index contributed by atoms with van der Waals surface area (Å²) in [7, 11) is 0. The number of rotatable bonds is 4. The maximum Gasteiger partial charge on any atom is 0.257 e. The van der Waals surface area contributed by atoms with E-state index in [1.807, 2.05) is 38.1 Å². The molecule has 24 heavy (non-hydrogen) atoms. The molecule has 2 rings (SSSR count). The minimum absolute atomic E-state index is 0.0617. The highest BCUT2D eigenvalue weighted by molar-refractivity contribution is 14.1. The van der Waals surface area contributed by atoms with E-state index in [9.17, 15) is 4.79 Å². The summed E-state index contributed by atoms with van der Waals surface area (Å²) in [6.07, 6.45) is 0.0617. The highest BCUT2D eigenvalue weighted by atomic mass is 127. The van der Waals surface area contributed by atoms with Crippen LogP contribution in [0.4, 0.5) is 5.69 Å². The van der Waals surface area contributed by atoms with Crippen LogP contribution in [0, 0.1) is 3.57 Å². The van der Waals surface area contributed by atoms with Gasteiger partial charge in [0.2, 0.25) is 0 Å². The quantitative estimate of drug-likeness (QED) is 0.443. The van der Waals surface area contributed by atoms with Crippen molar-refractivity contribution in [3.05, 3.63) is 56.1 Å². The average molecular weight is 519 g/mol. The van der Waals surface area contributed by atoms with E-state index in [2.05, 4.69) is 49.2 Å². The maximum atomic E-state index is 12.3. The van der Waals surface area contributed by atoms with Crippen molar-refractivity contribution in [1.82, 2.24) is 5.32 Å².